The summed E-state index contributed by atoms with van der Waals surface area (Å²) in [6.45, 7) is 5.39. The van der Waals surface area contributed by atoms with Gasteiger partial charge in [0.05, 0.1) is 12.4 Å². The fraction of sp³-hybridized carbons (Fsp3) is 1.00. The Morgan fingerprint density at radius 3 is 2.59 bits per heavy atom. The van der Waals surface area contributed by atoms with E-state index in [1.807, 2.05) is 0 Å². The predicted molar refractivity (Wildman–Crippen MR) is 69.2 cm³/mol. The molecule has 102 valence electrons. The summed E-state index contributed by atoms with van der Waals surface area (Å²) in [4.78, 5) is 0. The Morgan fingerprint density at radius 2 is 2.06 bits per heavy atom. The van der Waals surface area contributed by atoms with E-state index in [4.69, 9.17) is 0 Å². The molecule has 1 fully saturated rings. The summed E-state index contributed by atoms with van der Waals surface area (Å²) in [6, 6.07) is 0. The fourth-order valence-electron chi connectivity index (χ4n) is 2.55. The zero-order chi connectivity index (χ0) is 13.1. The monoisotopic (exact) mass is 263 g/mol. The van der Waals surface area contributed by atoms with Gasteiger partial charge in [-0.2, -0.15) is 0 Å². The largest absolute Gasteiger partial charge is 0.393 e. The van der Waals surface area contributed by atoms with E-state index < -0.39 is 10.0 Å². The highest BCUT2D eigenvalue weighted by atomic mass is 32.2. The van der Waals surface area contributed by atoms with Gasteiger partial charge in [0.15, 0.2) is 0 Å². The van der Waals surface area contributed by atoms with Crippen molar-refractivity contribution in [3.63, 3.8) is 0 Å². The molecule has 0 aromatic heterocycles. The molecule has 0 spiro atoms. The molecule has 1 aliphatic heterocycles. The van der Waals surface area contributed by atoms with Crippen molar-refractivity contribution in [2.24, 2.45) is 11.8 Å². The molecular formula is C12H25NO3S. The molecular weight excluding hydrogens is 238 g/mol. The predicted octanol–water partition coefficient (Wildman–Crippen LogP) is 1.46. The lowest BCUT2D eigenvalue weighted by molar-refractivity contribution is 0.103. The van der Waals surface area contributed by atoms with Crippen molar-refractivity contribution >= 4 is 10.0 Å². The highest BCUT2D eigenvalue weighted by Gasteiger charge is 2.27. The molecule has 0 saturated carbocycles. The van der Waals surface area contributed by atoms with E-state index in [9.17, 15) is 13.5 Å². The summed E-state index contributed by atoms with van der Waals surface area (Å²) >= 11 is 0. The number of hydrogen-bond donors (Lipinski definition) is 1. The number of piperidine rings is 1. The Morgan fingerprint density at radius 1 is 1.41 bits per heavy atom. The molecule has 1 heterocycles. The molecule has 0 bridgehead atoms. The van der Waals surface area contributed by atoms with Crippen LogP contribution in [-0.4, -0.2) is 43.3 Å². The first-order valence-electron chi connectivity index (χ1n) is 6.42. The van der Waals surface area contributed by atoms with Crippen LogP contribution in [0.5, 0.6) is 0 Å². The van der Waals surface area contributed by atoms with E-state index in [0.29, 0.717) is 24.9 Å². The van der Waals surface area contributed by atoms with E-state index in [2.05, 4.69) is 13.8 Å². The van der Waals surface area contributed by atoms with Gasteiger partial charge in [-0.15, -0.1) is 0 Å². The van der Waals surface area contributed by atoms with Gasteiger partial charge in [0.2, 0.25) is 10.0 Å². The van der Waals surface area contributed by atoms with Crippen molar-refractivity contribution in [1.29, 1.82) is 0 Å². The third-order valence-electron chi connectivity index (χ3n) is 3.30. The summed E-state index contributed by atoms with van der Waals surface area (Å²) in [5, 5.41) is 9.89. The Labute approximate surface area is 105 Å². The van der Waals surface area contributed by atoms with Crippen molar-refractivity contribution in [3.05, 3.63) is 0 Å². The van der Waals surface area contributed by atoms with Crippen LogP contribution in [0.15, 0.2) is 0 Å². The van der Waals surface area contributed by atoms with Crippen molar-refractivity contribution in [3.8, 4) is 0 Å². The van der Waals surface area contributed by atoms with E-state index in [1.165, 1.54) is 6.26 Å². The number of aliphatic hydroxyl groups excluding tert-OH is 1. The first-order chi connectivity index (χ1) is 7.79. The number of hydrogen-bond acceptors (Lipinski definition) is 3. The zero-order valence-corrected chi connectivity index (χ0v) is 11.9. The van der Waals surface area contributed by atoms with Crippen LogP contribution in [0.2, 0.25) is 0 Å². The second-order valence-electron chi connectivity index (χ2n) is 5.65. The molecule has 17 heavy (non-hydrogen) atoms. The molecule has 0 aromatic carbocycles. The molecule has 1 aliphatic rings. The van der Waals surface area contributed by atoms with Gasteiger partial charge in [0, 0.05) is 13.1 Å². The molecule has 4 nitrogen and oxygen atoms in total. The molecule has 0 amide bonds. The first kappa shape index (κ1) is 14.9. The summed E-state index contributed by atoms with van der Waals surface area (Å²) in [7, 11) is -3.07. The Hall–Kier alpha value is -0.130. The van der Waals surface area contributed by atoms with Gasteiger partial charge in [-0.25, -0.2) is 12.7 Å². The normalized spacial score (nSPS) is 25.1. The van der Waals surface area contributed by atoms with Crippen LogP contribution in [0, 0.1) is 11.8 Å². The van der Waals surface area contributed by atoms with Crippen molar-refractivity contribution in [1.82, 2.24) is 4.31 Å². The molecule has 2 atom stereocenters. The van der Waals surface area contributed by atoms with Crippen LogP contribution >= 0.6 is 0 Å². The standard InChI is InChI=1S/C12H25NO3S/c1-10(2)7-12(14)8-11-5-4-6-13(9-11)17(3,15)16/h10-12,14H,4-9H2,1-3H3. The van der Waals surface area contributed by atoms with Crippen LogP contribution in [-0.2, 0) is 10.0 Å². The van der Waals surface area contributed by atoms with Gasteiger partial charge < -0.3 is 5.11 Å². The Bertz CT molecular complexity index is 327. The minimum atomic E-state index is -3.07. The summed E-state index contributed by atoms with van der Waals surface area (Å²) in [5.74, 6) is 0.798. The van der Waals surface area contributed by atoms with Crippen molar-refractivity contribution < 1.29 is 13.5 Å². The minimum Gasteiger partial charge on any atom is -0.393 e. The Kier molecular flexibility index (Phi) is 5.41. The van der Waals surface area contributed by atoms with Crippen LogP contribution in [0.4, 0.5) is 0 Å². The zero-order valence-electron chi connectivity index (χ0n) is 11.1. The highest BCUT2D eigenvalue weighted by Crippen LogP contribution is 2.24. The summed E-state index contributed by atoms with van der Waals surface area (Å²) < 4.78 is 24.5. The van der Waals surface area contributed by atoms with E-state index in [0.717, 1.165) is 25.7 Å². The molecule has 0 radical (unpaired) electrons. The van der Waals surface area contributed by atoms with E-state index in [-0.39, 0.29) is 6.10 Å². The second-order valence-corrected chi connectivity index (χ2v) is 7.63. The average molecular weight is 263 g/mol. The van der Waals surface area contributed by atoms with Crippen molar-refractivity contribution in [2.45, 2.75) is 45.6 Å². The van der Waals surface area contributed by atoms with Gasteiger partial charge in [-0.3, -0.25) is 0 Å². The molecule has 0 aliphatic carbocycles. The maximum Gasteiger partial charge on any atom is 0.211 e. The fourth-order valence-corrected chi connectivity index (χ4v) is 3.49. The summed E-state index contributed by atoms with van der Waals surface area (Å²) in [6.07, 6.45) is 4.44. The quantitative estimate of drug-likeness (QED) is 0.817. The van der Waals surface area contributed by atoms with Gasteiger partial charge in [0.25, 0.3) is 0 Å². The maximum atomic E-state index is 11.5. The SMILES string of the molecule is CC(C)CC(O)CC1CCCN(S(C)(=O)=O)C1. The lowest BCUT2D eigenvalue weighted by Gasteiger charge is -2.32. The van der Waals surface area contributed by atoms with Gasteiger partial charge in [-0.05, 0) is 37.5 Å². The number of rotatable bonds is 5. The van der Waals surface area contributed by atoms with Gasteiger partial charge in [0.1, 0.15) is 0 Å². The number of nitrogens with zero attached hydrogens (tertiary/aromatic N) is 1. The summed E-state index contributed by atoms with van der Waals surface area (Å²) in [5.41, 5.74) is 0. The highest BCUT2D eigenvalue weighted by molar-refractivity contribution is 7.88. The van der Waals surface area contributed by atoms with Crippen LogP contribution in [0.1, 0.15) is 39.5 Å². The molecule has 1 rings (SSSR count). The molecule has 5 heteroatoms. The lowest BCUT2D eigenvalue weighted by atomic mass is 9.90. The third kappa shape index (κ3) is 5.36. The molecule has 2 unspecified atom stereocenters. The molecule has 1 saturated heterocycles. The Balaban J connectivity index is 2.45. The topological polar surface area (TPSA) is 57.6 Å². The van der Waals surface area contributed by atoms with E-state index >= 15 is 0 Å². The minimum absolute atomic E-state index is 0.292. The maximum absolute atomic E-state index is 11.5. The van der Waals surface area contributed by atoms with Crippen LogP contribution in [0.3, 0.4) is 0 Å². The first-order valence-corrected chi connectivity index (χ1v) is 8.27. The van der Waals surface area contributed by atoms with E-state index in [1.54, 1.807) is 4.31 Å². The van der Waals surface area contributed by atoms with Gasteiger partial charge >= 0.3 is 0 Å². The van der Waals surface area contributed by atoms with Gasteiger partial charge in [-0.1, -0.05) is 13.8 Å². The lowest BCUT2D eigenvalue weighted by Crippen LogP contribution is -2.40. The van der Waals surface area contributed by atoms with Crippen molar-refractivity contribution in [2.75, 3.05) is 19.3 Å². The smallest absolute Gasteiger partial charge is 0.211 e. The molecule has 1 N–H and O–H groups in total. The van der Waals surface area contributed by atoms with Crippen LogP contribution in [0.25, 0.3) is 0 Å². The number of aliphatic hydroxyl groups is 1. The average Bonchev–Trinajstić information content (AvgIpc) is 2.15. The second kappa shape index (κ2) is 6.16. The molecule has 0 aromatic rings. The van der Waals surface area contributed by atoms with Crippen LogP contribution < -0.4 is 0 Å². The third-order valence-corrected chi connectivity index (χ3v) is 4.57. The number of sulfonamides is 1.